The molecule has 5 heteroatoms. The minimum Gasteiger partial charge on any atom is -0.322 e. The molecule has 0 bridgehead atoms. The van der Waals surface area contributed by atoms with Gasteiger partial charge in [0.25, 0.3) is 0 Å². The normalized spacial score (nSPS) is 17.2. The lowest BCUT2D eigenvalue weighted by molar-refractivity contribution is 0.553. The summed E-state index contributed by atoms with van der Waals surface area (Å²) in [5.41, 5.74) is 6.43. The molecule has 1 aromatic carbocycles. The van der Waals surface area contributed by atoms with E-state index in [1.165, 1.54) is 0 Å². The van der Waals surface area contributed by atoms with Gasteiger partial charge < -0.3 is 5.73 Å². The third-order valence-corrected chi connectivity index (χ3v) is 6.18. The van der Waals surface area contributed by atoms with Gasteiger partial charge in [-0.1, -0.05) is 6.07 Å². The molecule has 0 saturated heterocycles. The van der Waals surface area contributed by atoms with E-state index in [9.17, 15) is 8.42 Å². The van der Waals surface area contributed by atoms with Gasteiger partial charge in [0.2, 0.25) is 0 Å². The molecule has 1 aliphatic rings. The summed E-state index contributed by atoms with van der Waals surface area (Å²) >= 11 is 3.34. The lowest BCUT2D eigenvalue weighted by Crippen LogP contribution is -2.28. The fourth-order valence-corrected chi connectivity index (χ4v) is 4.45. The second-order valence-electron chi connectivity index (χ2n) is 5.11. The van der Waals surface area contributed by atoms with Crippen LogP contribution in [-0.2, 0) is 15.4 Å². The molecule has 0 aromatic heterocycles. The molecule has 1 fully saturated rings. The van der Waals surface area contributed by atoms with Gasteiger partial charge in [0.05, 0.1) is 10.1 Å². The third-order valence-electron chi connectivity index (χ3n) is 2.95. The van der Waals surface area contributed by atoms with Crippen molar-refractivity contribution in [3.63, 3.8) is 0 Å². The summed E-state index contributed by atoms with van der Waals surface area (Å²) < 4.78 is 24.8. The van der Waals surface area contributed by atoms with Crippen molar-refractivity contribution in [2.75, 3.05) is 0 Å². The van der Waals surface area contributed by atoms with Crippen molar-refractivity contribution in [3.05, 3.63) is 28.2 Å². The molecule has 0 heterocycles. The lowest BCUT2D eigenvalue weighted by Gasteiger charge is -2.20. The Morgan fingerprint density at radius 3 is 2.35 bits per heavy atom. The predicted molar refractivity (Wildman–Crippen MR) is 71.6 cm³/mol. The summed E-state index contributed by atoms with van der Waals surface area (Å²) in [7, 11) is -3.15. The largest absolute Gasteiger partial charge is 0.322 e. The zero-order valence-corrected chi connectivity index (χ0v) is 12.3. The number of sulfone groups is 1. The molecule has 0 spiro atoms. The molecule has 3 nitrogen and oxygen atoms in total. The molecule has 2 N–H and O–H groups in total. The van der Waals surface area contributed by atoms with E-state index in [0.717, 1.165) is 18.4 Å². The summed E-state index contributed by atoms with van der Waals surface area (Å²) in [6.07, 6.45) is 1.55. The van der Waals surface area contributed by atoms with Crippen molar-refractivity contribution in [1.29, 1.82) is 0 Å². The molecule has 94 valence electrons. The van der Waals surface area contributed by atoms with Crippen LogP contribution in [0.25, 0.3) is 0 Å². The third kappa shape index (κ3) is 2.56. The van der Waals surface area contributed by atoms with Crippen molar-refractivity contribution in [3.8, 4) is 0 Å². The van der Waals surface area contributed by atoms with Crippen LogP contribution in [0, 0.1) is 0 Å². The van der Waals surface area contributed by atoms with Gasteiger partial charge in [0.1, 0.15) is 0 Å². The molecule has 2 rings (SSSR count). The summed E-state index contributed by atoms with van der Waals surface area (Å²) in [6, 6.07) is 5.25. The van der Waals surface area contributed by atoms with Gasteiger partial charge in [-0.2, -0.15) is 0 Å². The zero-order chi connectivity index (χ0) is 12.8. The summed E-state index contributed by atoms with van der Waals surface area (Å²) in [4.78, 5) is 0.382. The number of nitrogens with two attached hydrogens (primary N) is 1. The first-order chi connectivity index (χ1) is 7.73. The molecule has 1 aromatic rings. The van der Waals surface area contributed by atoms with E-state index >= 15 is 0 Å². The Hall–Kier alpha value is -0.390. The van der Waals surface area contributed by atoms with Gasteiger partial charge >= 0.3 is 0 Å². The molecule has 0 unspecified atom stereocenters. The Labute approximate surface area is 110 Å². The van der Waals surface area contributed by atoms with Crippen molar-refractivity contribution >= 4 is 25.8 Å². The van der Waals surface area contributed by atoms with E-state index in [0.29, 0.717) is 9.37 Å². The van der Waals surface area contributed by atoms with Gasteiger partial charge in [-0.25, -0.2) is 8.42 Å². The SMILES string of the molecule is CC(C)(N)c1ccc(S(=O)(=O)C2CC2)c(Br)c1. The van der Waals surface area contributed by atoms with Crippen LogP contribution in [0.2, 0.25) is 0 Å². The van der Waals surface area contributed by atoms with E-state index in [4.69, 9.17) is 5.73 Å². The fourth-order valence-electron chi connectivity index (χ4n) is 1.69. The van der Waals surface area contributed by atoms with E-state index < -0.39 is 15.4 Å². The lowest BCUT2D eigenvalue weighted by atomic mass is 9.96. The monoisotopic (exact) mass is 317 g/mol. The number of hydrogen-bond acceptors (Lipinski definition) is 3. The Bertz CT molecular complexity index is 542. The highest BCUT2D eigenvalue weighted by Crippen LogP contribution is 2.37. The number of benzene rings is 1. The number of hydrogen-bond donors (Lipinski definition) is 1. The first-order valence-electron chi connectivity index (χ1n) is 5.56. The number of halogens is 1. The first kappa shape index (κ1) is 13.1. The smallest absolute Gasteiger partial charge is 0.182 e. The quantitative estimate of drug-likeness (QED) is 0.932. The maximum absolute atomic E-state index is 12.1. The molecule has 0 atom stereocenters. The van der Waals surface area contributed by atoms with Crippen molar-refractivity contribution in [2.24, 2.45) is 5.73 Å². The molecule has 0 aliphatic heterocycles. The van der Waals surface area contributed by atoms with Gasteiger partial charge in [-0.05, 0) is 60.3 Å². The fraction of sp³-hybridized carbons (Fsp3) is 0.500. The maximum atomic E-state index is 12.1. The first-order valence-corrected chi connectivity index (χ1v) is 7.89. The minimum atomic E-state index is -3.15. The Balaban J connectivity index is 2.46. The van der Waals surface area contributed by atoms with E-state index in [-0.39, 0.29) is 5.25 Å². The summed E-state index contributed by atoms with van der Waals surface area (Å²) in [6.45, 7) is 3.79. The van der Waals surface area contributed by atoms with Crippen molar-refractivity contribution in [1.82, 2.24) is 0 Å². The van der Waals surface area contributed by atoms with Gasteiger partial charge in [-0.15, -0.1) is 0 Å². The highest BCUT2D eigenvalue weighted by Gasteiger charge is 2.38. The van der Waals surface area contributed by atoms with Gasteiger partial charge in [0.15, 0.2) is 9.84 Å². The van der Waals surface area contributed by atoms with Crippen LogP contribution in [0.1, 0.15) is 32.3 Å². The van der Waals surface area contributed by atoms with Crippen LogP contribution < -0.4 is 5.73 Å². The highest BCUT2D eigenvalue weighted by molar-refractivity contribution is 9.10. The van der Waals surface area contributed by atoms with E-state index in [1.54, 1.807) is 18.2 Å². The Kier molecular flexibility index (Phi) is 3.13. The molecule has 0 radical (unpaired) electrons. The summed E-state index contributed by atoms with van der Waals surface area (Å²) in [5.74, 6) is 0. The molecule has 17 heavy (non-hydrogen) atoms. The van der Waals surface area contributed by atoms with Crippen LogP contribution in [-0.4, -0.2) is 13.7 Å². The second-order valence-corrected chi connectivity index (χ2v) is 8.16. The van der Waals surface area contributed by atoms with Crippen molar-refractivity contribution in [2.45, 2.75) is 42.4 Å². The topological polar surface area (TPSA) is 60.2 Å². The Morgan fingerprint density at radius 2 is 1.94 bits per heavy atom. The van der Waals surface area contributed by atoms with Crippen LogP contribution >= 0.6 is 15.9 Å². The average Bonchev–Trinajstić information content (AvgIpc) is 2.98. The van der Waals surface area contributed by atoms with E-state index in [2.05, 4.69) is 15.9 Å². The van der Waals surface area contributed by atoms with Crippen molar-refractivity contribution < 1.29 is 8.42 Å². The molecular formula is C12H16BrNO2S. The standard InChI is InChI=1S/C12H16BrNO2S/c1-12(2,14)8-3-6-11(10(13)7-8)17(15,16)9-4-5-9/h3,6-7,9H,4-5,14H2,1-2H3. The number of rotatable bonds is 3. The zero-order valence-electron chi connectivity index (χ0n) is 9.90. The van der Waals surface area contributed by atoms with Crippen LogP contribution in [0.15, 0.2) is 27.6 Å². The predicted octanol–water partition coefficient (Wildman–Crippen LogP) is 2.58. The molecule has 1 saturated carbocycles. The summed E-state index contributed by atoms with van der Waals surface area (Å²) in [5, 5.41) is -0.185. The second kappa shape index (κ2) is 4.07. The van der Waals surface area contributed by atoms with Crippen LogP contribution in [0.5, 0.6) is 0 Å². The minimum absolute atomic E-state index is 0.185. The van der Waals surface area contributed by atoms with Crippen LogP contribution in [0.4, 0.5) is 0 Å². The molecular weight excluding hydrogens is 302 g/mol. The highest BCUT2D eigenvalue weighted by atomic mass is 79.9. The van der Waals surface area contributed by atoms with Crippen LogP contribution in [0.3, 0.4) is 0 Å². The van der Waals surface area contributed by atoms with Gasteiger partial charge in [0, 0.05) is 10.0 Å². The Morgan fingerprint density at radius 1 is 1.35 bits per heavy atom. The maximum Gasteiger partial charge on any atom is 0.182 e. The molecule has 1 aliphatic carbocycles. The van der Waals surface area contributed by atoms with E-state index in [1.807, 2.05) is 13.8 Å². The molecule has 0 amide bonds. The average molecular weight is 318 g/mol. The van der Waals surface area contributed by atoms with Gasteiger partial charge in [-0.3, -0.25) is 0 Å².